The lowest BCUT2D eigenvalue weighted by atomic mass is 9.95. The standard InChI is InChI=1S/C28H34N2O6/c1-4-5-6-15-34-21-10-7-19(8-11-21)25-24(27(32)28(33)30(25)14-13-29(2)3)26(31)20-9-12-22-23(18-20)36-17-16-35-22/h7-12,18,25,31H,4-6,13-17H2,1-3H3/b26-24+. The first kappa shape index (κ1) is 25.6. The van der Waals surface area contributed by atoms with Crippen molar-refractivity contribution in [3.63, 3.8) is 0 Å². The number of carbonyl (C=O) groups excluding carboxylic acids is 2. The lowest BCUT2D eigenvalue weighted by molar-refractivity contribution is -0.140. The Bertz CT molecular complexity index is 1130. The Kier molecular flexibility index (Phi) is 8.15. The Morgan fingerprint density at radius 2 is 1.78 bits per heavy atom. The van der Waals surface area contributed by atoms with Crippen molar-refractivity contribution in [3.8, 4) is 17.2 Å². The molecule has 192 valence electrons. The van der Waals surface area contributed by atoms with Gasteiger partial charge in [-0.2, -0.15) is 0 Å². The highest BCUT2D eigenvalue weighted by molar-refractivity contribution is 6.46. The molecule has 0 spiro atoms. The van der Waals surface area contributed by atoms with Gasteiger partial charge in [-0.15, -0.1) is 0 Å². The molecule has 1 amide bonds. The Labute approximate surface area is 212 Å². The van der Waals surface area contributed by atoms with Crippen molar-refractivity contribution < 1.29 is 28.9 Å². The number of carbonyl (C=O) groups is 2. The first-order chi connectivity index (χ1) is 17.4. The summed E-state index contributed by atoms with van der Waals surface area (Å²) < 4.78 is 17.0. The second-order valence-electron chi connectivity index (χ2n) is 9.28. The van der Waals surface area contributed by atoms with E-state index in [1.807, 2.05) is 43.3 Å². The van der Waals surface area contributed by atoms with E-state index in [1.54, 1.807) is 18.2 Å². The molecule has 2 aromatic carbocycles. The minimum Gasteiger partial charge on any atom is -0.507 e. The van der Waals surface area contributed by atoms with Gasteiger partial charge >= 0.3 is 0 Å². The smallest absolute Gasteiger partial charge is 0.295 e. The van der Waals surface area contributed by atoms with Crippen molar-refractivity contribution in [1.29, 1.82) is 0 Å². The van der Waals surface area contributed by atoms with Gasteiger partial charge in [-0.25, -0.2) is 0 Å². The van der Waals surface area contributed by atoms with Gasteiger partial charge in [0.15, 0.2) is 11.5 Å². The Hall–Kier alpha value is -3.52. The third-order valence-electron chi connectivity index (χ3n) is 6.36. The average molecular weight is 495 g/mol. The molecule has 2 aliphatic heterocycles. The number of fused-ring (bicyclic) bond motifs is 1. The topological polar surface area (TPSA) is 88.5 Å². The molecule has 2 aliphatic rings. The molecule has 1 fully saturated rings. The van der Waals surface area contributed by atoms with Crippen LogP contribution in [0.25, 0.3) is 5.76 Å². The number of ether oxygens (including phenoxy) is 3. The Morgan fingerprint density at radius 1 is 1.06 bits per heavy atom. The van der Waals surface area contributed by atoms with Crippen molar-refractivity contribution in [2.45, 2.75) is 32.2 Å². The number of hydrogen-bond donors (Lipinski definition) is 1. The van der Waals surface area contributed by atoms with Gasteiger partial charge in [0.25, 0.3) is 11.7 Å². The van der Waals surface area contributed by atoms with Gasteiger partial charge in [-0.3, -0.25) is 9.59 Å². The van der Waals surface area contributed by atoms with Crippen LogP contribution >= 0.6 is 0 Å². The van der Waals surface area contributed by atoms with Crippen molar-refractivity contribution in [1.82, 2.24) is 9.80 Å². The minimum absolute atomic E-state index is 0.0621. The largest absolute Gasteiger partial charge is 0.507 e. The number of hydrogen-bond acceptors (Lipinski definition) is 7. The summed E-state index contributed by atoms with van der Waals surface area (Å²) >= 11 is 0. The normalized spacial score (nSPS) is 18.7. The first-order valence-corrected chi connectivity index (χ1v) is 12.5. The first-order valence-electron chi connectivity index (χ1n) is 12.5. The number of amides is 1. The maximum absolute atomic E-state index is 13.2. The number of benzene rings is 2. The molecular formula is C28H34N2O6. The van der Waals surface area contributed by atoms with E-state index in [2.05, 4.69) is 6.92 Å². The fourth-order valence-electron chi connectivity index (χ4n) is 4.40. The lowest BCUT2D eigenvalue weighted by Crippen LogP contribution is -2.35. The van der Waals surface area contributed by atoms with E-state index in [0.29, 0.717) is 50.0 Å². The van der Waals surface area contributed by atoms with Crippen LogP contribution in [-0.2, 0) is 9.59 Å². The zero-order valence-electron chi connectivity index (χ0n) is 21.2. The summed E-state index contributed by atoms with van der Waals surface area (Å²) in [6.45, 7) is 4.55. The molecule has 2 heterocycles. The van der Waals surface area contributed by atoms with Crippen LogP contribution < -0.4 is 14.2 Å². The van der Waals surface area contributed by atoms with E-state index < -0.39 is 17.7 Å². The second-order valence-corrected chi connectivity index (χ2v) is 9.28. The Balaban J connectivity index is 1.70. The molecule has 0 bridgehead atoms. The van der Waals surface area contributed by atoms with E-state index in [-0.39, 0.29) is 11.3 Å². The van der Waals surface area contributed by atoms with Crippen LogP contribution in [0.15, 0.2) is 48.0 Å². The molecule has 1 atom stereocenters. The summed E-state index contributed by atoms with van der Waals surface area (Å²) in [6.07, 6.45) is 3.22. The summed E-state index contributed by atoms with van der Waals surface area (Å²) in [6, 6.07) is 11.7. The molecule has 0 aromatic heterocycles. The second kappa shape index (κ2) is 11.5. The lowest BCUT2D eigenvalue weighted by Gasteiger charge is -2.27. The van der Waals surface area contributed by atoms with Crippen LogP contribution in [0, 0.1) is 0 Å². The fraction of sp³-hybridized carbons (Fsp3) is 0.429. The molecule has 8 nitrogen and oxygen atoms in total. The van der Waals surface area contributed by atoms with Crippen LogP contribution in [0.5, 0.6) is 17.2 Å². The van der Waals surface area contributed by atoms with Crippen LogP contribution in [0.3, 0.4) is 0 Å². The number of likely N-dealkylation sites (N-methyl/N-ethyl adjacent to an activating group) is 1. The molecule has 0 radical (unpaired) electrons. The van der Waals surface area contributed by atoms with Gasteiger partial charge in [0.1, 0.15) is 24.7 Å². The number of unbranched alkanes of at least 4 members (excludes halogenated alkanes) is 2. The highest BCUT2D eigenvalue weighted by atomic mass is 16.6. The van der Waals surface area contributed by atoms with E-state index in [1.165, 1.54) is 4.90 Å². The quantitative estimate of drug-likeness (QED) is 0.231. The predicted octanol–water partition coefficient (Wildman–Crippen LogP) is 4.01. The number of likely N-dealkylation sites (tertiary alicyclic amines) is 1. The summed E-state index contributed by atoms with van der Waals surface area (Å²) in [7, 11) is 3.82. The fourth-order valence-corrected chi connectivity index (χ4v) is 4.40. The highest BCUT2D eigenvalue weighted by Gasteiger charge is 2.46. The monoisotopic (exact) mass is 494 g/mol. The molecule has 2 aromatic rings. The maximum Gasteiger partial charge on any atom is 0.295 e. The summed E-state index contributed by atoms with van der Waals surface area (Å²) in [5.41, 5.74) is 1.19. The van der Waals surface area contributed by atoms with Crippen LogP contribution in [-0.4, -0.2) is 73.6 Å². The molecule has 0 aliphatic carbocycles. The SMILES string of the molecule is CCCCCOc1ccc(C2/C(=C(\O)c3ccc4c(c3)OCCO4)C(=O)C(=O)N2CCN(C)C)cc1. The van der Waals surface area contributed by atoms with Crippen molar-refractivity contribution in [2.24, 2.45) is 0 Å². The minimum atomic E-state index is -0.715. The number of nitrogens with zero attached hydrogens (tertiary/aromatic N) is 2. The number of rotatable bonds is 10. The predicted molar refractivity (Wildman–Crippen MR) is 136 cm³/mol. The van der Waals surface area contributed by atoms with Crippen LogP contribution in [0.4, 0.5) is 0 Å². The number of Topliss-reactive ketones (excluding diaryl/α,β-unsaturated/α-hetero) is 1. The third kappa shape index (κ3) is 5.49. The van der Waals surface area contributed by atoms with Crippen molar-refractivity contribution >= 4 is 17.4 Å². The van der Waals surface area contributed by atoms with E-state index in [4.69, 9.17) is 14.2 Å². The number of aliphatic hydroxyl groups excluding tert-OH is 1. The van der Waals surface area contributed by atoms with E-state index in [0.717, 1.165) is 30.6 Å². The molecule has 8 heteroatoms. The van der Waals surface area contributed by atoms with Gasteiger partial charge < -0.3 is 29.1 Å². The van der Waals surface area contributed by atoms with Crippen LogP contribution in [0.2, 0.25) is 0 Å². The van der Waals surface area contributed by atoms with E-state index >= 15 is 0 Å². The zero-order valence-corrected chi connectivity index (χ0v) is 21.2. The van der Waals surface area contributed by atoms with Gasteiger partial charge in [0.2, 0.25) is 0 Å². The van der Waals surface area contributed by atoms with Gasteiger partial charge in [-0.05, 0) is 56.4 Å². The molecule has 1 N–H and O–H groups in total. The molecule has 36 heavy (non-hydrogen) atoms. The average Bonchev–Trinajstić information content (AvgIpc) is 3.14. The maximum atomic E-state index is 13.2. The summed E-state index contributed by atoms with van der Waals surface area (Å²) in [4.78, 5) is 29.8. The van der Waals surface area contributed by atoms with E-state index in [9.17, 15) is 14.7 Å². The highest BCUT2D eigenvalue weighted by Crippen LogP contribution is 2.41. The number of aliphatic hydroxyl groups is 1. The molecule has 0 saturated carbocycles. The zero-order chi connectivity index (χ0) is 25.7. The molecule has 1 unspecified atom stereocenters. The van der Waals surface area contributed by atoms with Gasteiger partial charge in [-0.1, -0.05) is 31.9 Å². The summed E-state index contributed by atoms with van der Waals surface area (Å²) in [5.74, 6) is 0.241. The van der Waals surface area contributed by atoms with Crippen LogP contribution in [0.1, 0.15) is 43.4 Å². The van der Waals surface area contributed by atoms with Crippen molar-refractivity contribution in [3.05, 3.63) is 59.2 Å². The van der Waals surface area contributed by atoms with Gasteiger partial charge in [0.05, 0.1) is 18.2 Å². The van der Waals surface area contributed by atoms with Crippen molar-refractivity contribution in [2.75, 3.05) is 47.0 Å². The summed E-state index contributed by atoms with van der Waals surface area (Å²) in [5, 5.41) is 11.3. The molecular weight excluding hydrogens is 460 g/mol. The number of ketones is 1. The third-order valence-corrected chi connectivity index (χ3v) is 6.36. The molecule has 1 saturated heterocycles. The van der Waals surface area contributed by atoms with Gasteiger partial charge in [0, 0.05) is 18.7 Å². The Morgan fingerprint density at radius 3 is 2.47 bits per heavy atom. The molecule has 4 rings (SSSR count).